The van der Waals surface area contributed by atoms with Crippen LogP contribution in [-0.2, 0) is 0 Å². The minimum Gasteiger partial charge on any atom is -0.292 e. The minimum atomic E-state index is -2.38. The van der Waals surface area contributed by atoms with E-state index in [1.165, 1.54) is 6.42 Å². The van der Waals surface area contributed by atoms with Crippen LogP contribution in [0.5, 0.6) is 0 Å². The topological polar surface area (TPSA) is 3.24 Å². The van der Waals surface area contributed by atoms with Crippen molar-refractivity contribution >= 4 is 0 Å². The fourth-order valence-corrected chi connectivity index (χ4v) is 0.832. The molecule has 68 valence electrons. The Morgan fingerprint density at radius 1 is 1.18 bits per heavy atom. The van der Waals surface area contributed by atoms with E-state index < -0.39 is 5.92 Å². The van der Waals surface area contributed by atoms with Gasteiger partial charge in [0, 0.05) is 0 Å². The van der Waals surface area contributed by atoms with Gasteiger partial charge in [0.2, 0.25) is 0 Å². The van der Waals surface area contributed by atoms with Crippen LogP contribution >= 0.6 is 0 Å². The molecule has 0 aromatic carbocycles. The average molecular weight is 165 g/mol. The summed E-state index contributed by atoms with van der Waals surface area (Å²) < 4.78 is 23.9. The summed E-state index contributed by atoms with van der Waals surface area (Å²) in [7, 11) is 0. The molecule has 0 spiro atoms. The highest BCUT2D eigenvalue weighted by molar-refractivity contribution is 4.85. The number of halogens is 2. The van der Waals surface area contributed by atoms with Crippen molar-refractivity contribution in [3.63, 3.8) is 0 Å². The van der Waals surface area contributed by atoms with Crippen molar-refractivity contribution in [3.05, 3.63) is 0 Å². The van der Waals surface area contributed by atoms with E-state index in [0.717, 1.165) is 6.54 Å². The van der Waals surface area contributed by atoms with Gasteiger partial charge in [-0.15, -0.1) is 0 Å². The monoisotopic (exact) mass is 165 g/mol. The maximum Gasteiger partial charge on any atom is 0.272 e. The first-order chi connectivity index (χ1) is 5.05. The van der Waals surface area contributed by atoms with Crippen molar-refractivity contribution in [2.75, 3.05) is 19.6 Å². The van der Waals surface area contributed by atoms with E-state index in [4.69, 9.17) is 0 Å². The predicted molar refractivity (Wildman–Crippen MR) is 43.0 cm³/mol. The summed E-state index contributed by atoms with van der Waals surface area (Å²) in [6.07, 6.45) is 1.25. The molecule has 1 heterocycles. The van der Waals surface area contributed by atoms with E-state index >= 15 is 0 Å². The average Bonchev–Trinajstić information content (AvgIpc) is 1.84. The molecular weight excluding hydrogens is 148 g/mol. The standard InChI is InChI=1S/C5H9F2N.C3H8/c1-2-8-3-5(6,7)4-8;1-3-2/h2-4H2,1H3;3H2,1-2H3. The van der Waals surface area contributed by atoms with E-state index in [0.29, 0.717) is 0 Å². The second kappa shape index (κ2) is 4.65. The molecule has 1 aliphatic rings. The molecule has 0 aromatic rings. The molecule has 0 saturated carbocycles. The molecule has 1 rings (SSSR count). The lowest BCUT2D eigenvalue weighted by Gasteiger charge is -2.37. The van der Waals surface area contributed by atoms with Crippen molar-refractivity contribution < 1.29 is 8.78 Å². The highest BCUT2D eigenvalue weighted by Gasteiger charge is 2.42. The van der Waals surface area contributed by atoms with Gasteiger partial charge in [-0.2, -0.15) is 0 Å². The summed E-state index contributed by atoms with van der Waals surface area (Å²) in [5.41, 5.74) is 0. The van der Waals surface area contributed by atoms with E-state index in [1.54, 1.807) is 4.90 Å². The van der Waals surface area contributed by atoms with Crippen LogP contribution in [0.15, 0.2) is 0 Å². The van der Waals surface area contributed by atoms with Crippen LogP contribution in [0.2, 0.25) is 0 Å². The third-order valence-corrected chi connectivity index (χ3v) is 1.36. The third kappa shape index (κ3) is 4.30. The summed E-state index contributed by atoms with van der Waals surface area (Å²) in [4.78, 5) is 1.71. The Bertz CT molecular complexity index is 96.3. The molecule has 1 nitrogen and oxygen atoms in total. The molecule has 0 unspecified atom stereocenters. The van der Waals surface area contributed by atoms with Crippen LogP contribution in [-0.4, -0.2) is 30.5 Å². The summed E-state index contributed by atoms with van der Waals surface area (Å²) in [5, 5.41) is 0. The fraction of sp³-hybridized carbons (Fsp3) is 1.00. The van der Waals surface area contributed by atoms with Crippen LogP contribution < -0.4 is 0 Å². The molecule has 0 bridgehead atoms. The Morgan fingerprint density at radius 2 is 1.55 bits per heavy atom. The van der Waals surface area contributed by atoms with Crippen molar-refractivity contribution in [1.82, 2.24) is 4.90 Å². The van der Waals surface area contributed by atoms with Crippen LogP contribution in [0.4, 0.5) is 8.78 Å². The molecule has 0 amide bonds. The van der Waals surface area contributed by atoms with E-state index in [9.17, 15) is 8.78 Å². The highest BCUT2D eigenvalue weighted by atomic mass is 19.3. The van der Waals surface area contributed by atoms with Gasteiger partial charge >= 0.3 is 0 Å². The molecule has 0 aromatic heterocycles. The van der Waals surface area contributed by atoms with Gasteiger partial charge in [0.1, 0.15) is 0 Å². The molecule has 11 heavy (non-hydrogen) atoms. The second-order valence-corrected chi connectivity index (χ2v) is 2.87. The first kappa shape index (κ1) is 10.8. The zero-order chi connectivity index (χ0) is 8.91. The van der Waals surface area contributed by atoms with Gasteiger partial charge < -0.3 is 0 Å². The molecule has 0 atom stereocenters. The normalized spacial score (nSPS) is 21.5. The zero-order valence-electron chi connectivity index (χ0n) is 7.53. The summed E-state index contributed by atoms with van der Waals surface area (Å²) in [6, 6.07) is 0. The molecule has 3 heteroatoms. The van der Waals surface area contributed by atoms with Crippen molar-refractivity contribution in [2.45, 2.75) is 33.1 Å². The Kier molecular flexibility index (Phi) is 4.57. The highest BCUT2D eigenvalue weighted by Crippen LogP contribution is 2.25. The molecule has 0 radical (unpaired) electrons. The molecule has 1 aliphatic heterocycles. The van der Waals surface area contributed by atoms with Crippen LogP contribution in [0.3, 0.4) is 0 Å². The van der Waals surface area contributed by atoms with Crippen LogP contribution in [0.25, 0.3) is 0 Å². The third-order valence-electron chi connectivity index (χ3n) is 1.36. The van der Waals surface area contributed by atoms with Gasteiger partial charge in [-0.05, 0) is 6.54 Å². The lowest BCUT2D eigenvalue weighted by Crippen LogP contribution is -2.55. The number of alkyl halides is 2. The van der Waals surface area contributed by atoms with E-state index in [1.807, 2.05) is 6.92 Å². The van der Waals surface area contributed by atoms with Crippen molar-refractivity contribution in [2.24, 2.45) is 0 Å². The van der Waals surface area contributed by atoms with E-state index in [2.05, 4.69) is 13.8 Å². The number of hydrogen-bond donors (Lipinski definition) is 0. The van der Waals surface area contributed by atoms with Gasteiger partial charge in [0.15, 0.2) is 0 Å². The van der Waals surface area contributed by atoms with Gasteiger partial charge in [-0.1, -0.05) is 27.2 Å². The Morgan fingerprint density at radius 3 is 1.64 bits per heavy atom. The number of hydrogen-bond acceptors (Lipinski definition) is 1. The number of nitrogens with zero attached hydrogens (tertiary/aromatic N) is 1. The largest absolute Gasteiger partial charge is 0.292 e. The molecule has 1 fully saturated rings. The van der Waals surface area contributed by atoms with Gasteiger partial charge in [0.05, 0.1) is 13.1 Å². The first-order valence-corrected chi connectivity index (χ1v) is 4.16. The maximum atomic E-state index is 11.9. The van der Waals surface area contributed by atoms with Gasteiger partial charge in [0.25, 0.3) is 5.92 Å². The van der Waals surface area contributed by atoms with Crippen LogP contribution in [0.1, 0.15) is 27.2 Å². The first-order valence-electron chi connectivity index (χ1n) is 4.16. The Hall–Kier alpha value is -0.180. The second-order valence-electron chi connectivity index (χ2n) is 2.87. The predicted octanol–water partition coefficient (Wildman–Crippen LogP) is 2.37. The van der Waals surface area contributed by atoms with Crippen molar-refractivity contribution in [1.29, 1.82) is 0 Å². The molecule has 0 N–H and O–H groups in total. The Balaban J connectivity index is 0.000000292. The fourth-order valence-electron chi connectivity index (χ4n) is 0.832. The van der Waals surface area contributed by atoms with Gasteiger partial charge in [-0.25, -0.2) is 8.78 Å². The lowest BCUT2D eigenvalue weighted by molar-refractivity contribution is -0.128. The minimum absolute atomic E-state index is 0.0382. The molecule has 0 aliphatic carbocycles. The summed E-state index contributed by atoms with van der Waals surface area (Å²) >= 11 is 0. The smallest absolute Gasteiger partial charge is 0.272 e. The van der Waals surface area contributed by atoms with Gasteiger partial charge in [-0.3, -0.25) is 4.90 Å². The summed E-state index contributed by atoms with van der Waals surface area (Å²) in [5.74, 6) is -2.38. The van der Waals surface area contributed by atoms with Crippen molar-refractivity contribution in [3.8, 4) is 0 Å². The quantitative estimate of drug-likeness (QED) is 0.576. The van der Waals surface area contributed by atoms with E-state index in [-0.39, 0.29) is 13.1 Å². The van der Waals surface area contributed by atoms with Crippen LogP contribution in [0, 0.1) is 0 Å². The zero-order valence-corrected chi connectivity index (χ0v) is 7.53. The Labute approximate surface area is 67.4 Å². The maximum absolute atomic E-state index is 11.9. The molecule has 1 saturated heterocycles. The number of rotatable bonds is 1. The summed E-state index contributed by atoms with van der Waals surface area (Å²) in [6.45, 7) is 6.80. The number of likely N-dealkylation sites (tertiary alicyclic amines) is 1. The SMILES string of the molecule is CCC.CCN1CC(F)(F)C1. The molecular formula is C8H17F2N. The lowest BCUT2D eigenvalue weighted by atomic mass is 10.1.